The summed E-state index contributed by atoms with van der Waals surface area (Å²) in [6, 6.07) is 71.7. The highest BCUT2D eigenvalue weighted by molar-refractivity contribution is 6.19. The highest BCUT2D eigenvalue weighted by Gasteiger charge is 2.23. The van der Waals surface area contributed by atoms with Gasteiger partial charge >= 0.3 is 0 Å². The molecule has 0 unspecified atom stereocenters. The number of hydrogen-bond donors (Lipinski definition) is 0. The molecule has 5 heteroatoms. The van der Waals surface area contributed by atoms with Crippen molar-refractivity contribution in [3.05, 3.63) is 206 Å². The quantitative estimate of drug-likeness (QED) is 0.163. The van der Waals surface area contributed by atoms with E-state index in [0.29, 0.717) is 23.3 Å². The Morgan fingerprint density at radius 3 is 1.17 bits per heavy atom. The van der Waals surface area contributed by atoms with E-state index in [4.69, 9.17) is 19.4 Å². The lowest BCUT2D eigenvalue weighted by Gasteiger charge is -2.14. The Bertz CT molecular complexity index is 3000. The van der Waals surface area contributed by atoms with Crippen LogP contribution in [0.2, 0.25) is 0 Å². The fourth-order valence-corrected chi connectivity index (χ4v) is 8.06. The number of aromatic nitrogens is 4. The van der Waals surface area contributed by atoms with Gasteiger partial charge in [0, 0.05) is 21.9 Å². The molecule has 11 aromatic rings. The molecule has 0 amide bonds. The number of rotatable bonds is 7. The summed E-state index contributed by atoms with van der Waals surface area (Å²) in [6.07, 6.45) is 0. The first-order chi connectivity index (χ1) is 28.7. The van der Waals surface area contributed by atoms with E-state index in [1.54, 1.807) is 0 Å². The molecule has 272 valence electrons. The fourth-order valence-electron chi connectivity index (χ4n) is 8.06. The van der Waals surface area contributed by atoms with Crippen LogP contribution in [-0.2, 0) is 0 Å². The van der Waals surface area contributed by atoms with Crippen molar-refractivity contribution in [2.45, 2.75) is 0 Å². The molecule has 5 nitrogen and oxygen atoms in total. The first-order valence-electron chi connectivity index (χ1n) is 19.4. The van der Waals surface area contributed by atoms with Crippen molar-refractivity contribution < 1.29 is 4.42 Å². The molecule has 3 heterocycles. The molecule has 0 aliphatic carbocycles. The molecule has 0 radical (unpaired) electrons. The third-order valence-electron chi connectivity index (χ3n) is 10.8. The van der Waals surface area contributed by atoms with Gasteiger partial charge < -0.3 is 4.42 Å². The molecular weight excluding hydrogens is 709 g/mol. The van der Waals surface area contributed by atoms with Gasteiger partial charge in [0.25, 0.3) is 0 Å². The molecule has 0 bridgehead atoms. The molecule has 0 saturated heterocycles. The predicted octanol–water partition coefficient (Wildman–Crippen LogP) is 13.7. The van der Waals surface area contributed by atoms with E-state index in [9.17, 15) is 0 Å². The zero-order valence-corrected chi connectivity index (χ0v) is 31.3. The summed E-state index contributed by atoms with van der Waals surface area (Å²) in [5.74, 6) is 1.59. The van der Waals surface area contributed by atoms with Crippen LogP contribution in [0, 0.1) is 0 Å². The van der Waals surface area contributed by atoms with Gasteiger partial charge in [0.2, 0.25) is 11.7 Å². The van der Waals surface area contributed by atoms with E-state index in [2.05, 4.69) is 168 Å². The molecule has 0 spiro atoms. The fraction of sp³-hybridized carbons (Fsp3) is 0. The zero-order chi connectivity index (χ0) is 38.4. The Morgan fingerprint density at radius 2 is 0.707 bits per heavy atom. The molecule has 3 aromatic heterocycles. The summed E-state index contributed by atoms with van der Waals surface area (Å²) in [4.78, 5) is 16.1. The largest absolute Gasteiger partial charge is 0.439 e. The van der Waals surface area contributed by atoms with Crippen LogP contribution in [0.1, 0.15) is 0 Å². The molecule has 11 rings (SSSR count). The second kappa shape index (κ2) is 14.0. The Kier molecular flexibility index (Phi) is 8.07. The third kappa shape index (κ3) is 5.94. The van der Waals surface area contributed by atoms with Crippen molar-refractivity contribution >= 4 is 33.0 Å². The Hall–Kier alpha value is -7.89. The van der Waals surface area contributed by atoms with Crippen LogP contribution in [0.5, 0.6) is 0 Å². The topological polar surface area (TPSA) is 56.7 Å². The van der Waals surface area contributed by atoms with Crippen molar-refractivity contribution in [3.8, 4) is 73.2 Å². The van der Waals surface area contributed by atoms with Crippen LogP contribution in [-0.4, -0.2) is 19.5 Å². The van der Waals surface area contributed by atoms with Crippen LogP contribution in [0.4, 0.5) is 0 Å². The minimum absolute atomic E-state index is 0.475. The number of para-hydroxylation sites is 2. The molecule has 8 aromatic carbocycles. The number of fused-ring (bicyclic) bond motifs is 5. The van der Waals surface area contributed by atoms with E-state index in [0.717, 1.165) is 82.9 Å². The predicted molar refractivity (Wildman–Crippen MR) is 237 cm³/mol. The second-order valence-electron chi connectivity index (χ2n) is 14.5. The van der Waals surface area contributed by atoms with Crippen LogP contribution in [0.3, 0.4) is 0 Å². The van der Waals surface area contributed by atoms with Crippen molar-refractivity contribution in [1.82, 2.24) is 19.5 Å². The van der Waals surface area contributed by atoms with E-state index in [1.807, 2.05) is 42.5 Å². The molecular formula is C53H34N4O. The van der Waals surface area contributed by atoms with E-state index < -0.39 is 0 Å². The maximum Gasteiger partial charge on any atom is 0.241 e. The Morgan fingerprint density at radius 1 is 0.328 bits per heavy atom. The van der Waals surface area contributed by atoms with Gasteiger partial charge in [-0.05, 0) is 93.0 Å². The monoisotopic (exact) mass is 742 g/mol. The lowest BCUT2D eigenvalue weighted by atomic mass is 9.95. The lowest BCUT2D eigenvalue weighted by molar-refractivity contribution is 0.641. The Labute approximate surface area is 335 Å². The molecule has 0 fully saturated rings. The number of hydrogen-bond acceptors (Lipinski definition) is 4. The zero-order valence-electron chi connectivity index (χ0n) is 31.3. The van der Waals surface area contributed by atoms with Gasteiger partial charge in [-0.1, -0.05) is 158 Å². The van der Waals surface area contributed by atoms with Crippen LogP contribution in [0.25, 0.3) is 106 Å². The maximum atomic E-state index is 6.68. The molecule has 0 atom stereocenters. The summed E-state index contributed by atoms with van der Waals surface area (Å²) >= 11 is 0. The normalized spacial score (nSPS) is 11.4. The van der Waals surface area contributed by atoms with Crippen molar-refractivity contribution in [1.29, 1.82) is 0 Å². The van der Waals surface area contributed by atoms with Gasteiger partial charge in [0.1, 0.15) is 5.58 Å². The molecule has 58 heavy (non-hydrogen) atoms. The minimum Gasteiger partial charge on any atom is -0.439 e. The van der Waals surface area contributed by atoms with Gasteiger partial charge in [0.15, 0.2) is 11.6 Å². The highest BCUT2D eigenvalue weighted by atomic mass is 16.3. The summed E-state index contributed by atoms with van der Waals surface area (Å²) in [6.45, 7) is 0. The third-order valence-corrected chi connectivity index (χ3v) is 10.8. The van der Waals surface area contributed by atoms with Gasteiger partial charge in [0.05, 0.1) is 10.9 Å². The summed E-state index contributed by atoms with van der Waals surface area (Å²) in [5.41, 5.74) is 13.0. The van der Waals surface area contributed by atoms with Crippen LogP contribution < -0.4 is 0 Å². The summed E-state index contributed by atoms with van der Waals surface area (Å²) in [5, 5.41) is 3.15. The van der Waals surface area contributed by atoms with Gasteiger partial charge in [-0.3, -0.25) is 0 Å². The average Bonchev–Trinajstić information content (AvgIpc) is 3.84. The number of nitrogens with zero attached hydrogens (tertiary/aromatic N) is 4. The minimum atomic E-state index is 0.475. The van der Waals surface area contributed by atoms with Gasteiger partial charge in [-0.15, -0.1) is 0 Å². The van der Waals surface area contributed by atoms with Gasteiger partial charge in [-0.25, -0.2) is 9.55 Å². The summed E-state index contributed by atoms with van der Waals surface area (Å²) < 4.78 is 8.74. The standard InChI is InChI=1S/C53H34N4O/c1-5-17-35(18-6-1)39-29-40(36-19-7-2-8-20-36)32-43(31-39)50-54-51(44-33-41(37-21-9-3-10-22-37)30-42(34-44)38-23-11-4-12-24-38)56-53(55-50)57-47-27-15-13-25-45(47)49-46-26-14-16-28-48(46)58-52(49)57/h1-34H. The lowest BCUT2D eigenvalue weighted by Crippen LogP contribution is -2.06. The summed E-state index contributed by atoms with van der Waals surface area (Å²) in [7, 11) is 0. The van der Waals surface area contributed by atoms with Crippen LogP contribution >= 0.6 is 0 Å². The van der Waals surface area contributed by atoms with E-state index in [1.165, 1.54) is 0 Å². The van der Waals surface area contributed by atoms with Crippen molar-refractivity contribution in [3.63, 3.8) is 0 Å². The Balaban J connectivity index is 1.22. The van der Waals surface area contributed by atoms with Gasteiger partial charge in [-0.2, -0.15) is 9.97 Å². The molecule has 0 N–H and O–H groups in total. The second-order valence-corrected chi connectivity index (χ2v) is 14.5. The van der Waals surface area contributed by atoms with E-state index in [-0.39, 0.29) is 0 Å². The molecule has 0 aliphatic heterocycles. The molecule has 0 saturated carbocycles. The molecule has 0 aliphatic rings. The SMILES string of the molecule is c1ccc(-c2cc(-c3ccccc3)cc(-c3nc(-c4cc(-c5ccccc5)cc(-c5ccccc5)c4)nc(-n4c5ccccc5c5c6ccccc6oc54)n3)c2)cc1. The highest BCUT2D eigenvalue weighted by Crippen LogP contribution is 2.40. The van der Waals surface area contributed by atoms with Crippen molar-refractivity contribution in [2.24, 2.45) is 0 Å². The number of furan rings is 1. The van der Waals surface area contributed by atoms with Crippen LogP contribution in [0.15, 0.2) is 211 Å². The van der Waals surface area contributed by atoms with E-state index >= 15 is 0 Å². The van der Waals surface area contributed by atoms with Crippen molar-refractivity contribution in [2.75, 3.05) is 0 Å². The number of benzene rings is 8. The first kappa shape index (κ1) is 33.4. The smallest absolute Gasteiger partial charge is 0.241 e. The average molecular weight is 743 g/mol. The first-order valence-corrected chi connectivity index (χ1v) is 19.4. The maximum absolute atomic E-state index is 6.68.